The molecule has 0 radical (unpaired) electrons. The van der Waals surface area contributed by atoms with Crippen LogP contribution in [-0.2, 0) is 33.0 Å². The van der Waals surface area contributed by atoms with E-state index in [1.165, 1.54) is 27.2 Å². The second-order valence-corrected chi connectivity index (χ2v) is 16.6. The van der Waals surface area contributed by atoms with E-state index < -0.39 is 55.9 Å². The number of methoxy groups -OCH3 is 2. The topological polar surface area (TPSA) is 121 Å². The van der Waals surface area contributed by atoms with Crippen LogP contribution < -0.4 is 0 Å². The molecule has 10 heteroatoms. The number of ether oxygens (including phenoxy) is 4. The molecule has 1 aliphatic rings. The van der Waals surface area contributed by atoms with Crippen molar-refractivity contribution in [3.8, 4) is 0 Å². The lowest BCUT2D eigenvalue weighted by Crippen LogP contribution is -2.65. The monoisotopic (exact) mass is 532 g/mol. The third kappa shape index (κ3) is 7.61. The molecule has 0 aliphatic carbocycles. The Morgan fingerprint density at radius 2 is 1.78 bits per heavy atom. The van der Waals surface area contributed by atoms with Gasteiger partial charge in [0.15, 0.2) is 14.4 Å². The molecule has 0 aromatic carbocycles. The number of aliphatic hydroxyl groups excluding tert-OH is 2. The van der Waals surface area contributed by atoms with E-state index in [1.807, 2.05) is 13.8 Å². The van der Waals surface area contributed by atoms with Gasteiger partial charge in [-0.25, -0.2) is 4.79 Å². The summed E-state index contributed by atoms with van der Waals surface area (Å²) in [5, 5.41) is 20.3. The molecule has 210 valence electrons. The summed E-state index contributed by atoms with van der Waals surface area (Å²) >= 11 is 0. The Morgan fingerprint density at radius 1 is 1.19 bits per heavy atom. The Morgan fingerprint density at radius 3 is 2.22 bits per heavy atom. The smallest absolute Gasteiger partial charge is 0.330 e. The Hall–Kier alpha value is -1.30. The van der Waals surface area contributed by atoms with Crippen molar-refractivity contribution in [2.75, 3.05) is 20.8 Å². The maximum Gasteiger partial charge on any atom is 0.330 e. The van der Waals surface area contributed by atoms with Crippen molar-refractivity contribution in [3.63, 3.8) is 0 Å². The highest BCUT2D eigenvalue weighted by Crippen LogP contribution is 2.49. The molecule has 9 nitrogen and oxygen atoms in total. The molecule has 0 aromatic heterocycles. The molecular weight excluding hydrogens is 484 g/mol. The summed E-state index contributed by atoms with van der Waals surface area (Å²) in [7, 11) is 0.555. The van der Waals surface area contributed by atoms with Crippen molar-refractivity contribution in [2.24, 2.45) is 5.41 Å². The lowest BCUT2D eigenvalue weighted by molar-refractivity contribution is -0.350. The first-order chi connectivity index (χ1) is 16.4. The van der Waals surface area contributed by atoms with Crippen LogP contribution in [0, 0.1) is 5.41 Å². The highest BCUT2D eigenvalue weighted by molar-refractivity contribution is 6.74. The van der Waals surface area contributed by atoms with Crippen LogP contribution in [0.5, 0.6) is 0 Å². The highest BCUT2D eigenvalue weighted by atomic mass is 28.4. The minimum atomic E-state index is -2.17. The van der Waals surface area contributed by atoms with Gasteiger partial charge in [0.2, 0.25) is 5.79 Å². The molecule has 0 saturated carbocycles. The average Bonchev–Trinajstić information content (AvgIpc) is 2.77. The number of aliphatic hydroxyl groups is 2. The zero-order valence-corrected chi connectivity index (χ0v) is 25.0. The summed E-state index contributed by atoms with van der Waals surface area (Å²) in [4.78, 5) is 24.8. The summed E-state index contributed by atoms with van der Waals surface area (Å²) in [6, 6.07) is 0. The van der Waals surface area contributed by atoms with Crippen molar-refractivity contribution >= 4 is 20.3 Å². The minimum absolute atomic E-state index is 0.0370. The van der Waals surface area contributed by atoms with Crippen LogP contribution in [0.3, 0.4) is 0 Å². The Labute approximate surface area is 217 Å². The Balaban J connectivity index is 3.65. The standard InChI is InChI=1S/C26H48O9Si/c1-12-21(29)34-23-18(14-22(30)31-8)13-19(15-20(28)17(2)27)35-26(23,32-9)25(6,7)16-33-36(10,11)24(3,4)5/h14,17,19-20,23,27-28H,12-13,15-16H2,1-11H3/t17-,19+,20-,23+,26-/m1/s1. The second kappa shape index (κ2) is 12.5. The fourth-order valence-corrected chi connectivity index (χ4v) is 5.05. The number of hydrogen-bond acceptors (Lipinski definition) is 9. The van der Waals surface area contributed by atoms with E-state index in [1.54, 1.807) is 6.92 Å². The zero-order chi connectivity index (χ0) is 28.1. The molecule has 1 heterocycles. The molecule has 0 bridgehead atoms. The molecular formula is C26H48O9Si. The van der Waals surface area contributed by atoms with Gasteiger partial charge in [0.25, 0.3) is 0 Å². The average molecular weight is 533 g/mol. The summed E-state index contributed by atoms with van der Waals surface area (Å²) < 4.78 is 29.9. The van der Waals surface area contributed by atoms with E-state index in [-0.39, 0.29) is 30.9 Å². The number of carbonyl (C=O) groups excluding carboxylic acids is 2. The summed E-state index contributed by atoms with van der Waals surface area (Å²) in [6.07, 6.45) is -2.10. The predicted octanol–water partition coefficient (Wildman–Crippen LogP) is 3.72. The first-order valence-electron chi connectivity index (χ1n) is 12.6. The van der Waals surface area contributed by atoms with Gasteiger partial charge in [-0.05, 0) is 37.0 Å². The van der Waals surface area contributed by atoms with Crippen molar-refractivity contribution in [3.05, 3.63) is 11.6 Å². The van der Waals surface area contributed by atoms with E-state index in [9.17, 15) is 19.8 Å². The summed E-state index contributed by atoms with van der Waals surface area (Å²) in [6.45, 7) is 17.9. The Bertz CT molecular complexity index is 785. The molecule has 1 saturated heterocycles. The van der Waals surface area contributed by atoms with Gasteiger partial charge in [-0.15, -0.1) is 0 Å². The fraction of sp³-hybridized carbons (Fsp3) is 0.846. The van der Waals surface area contributed by atoms with Gasteiger partial charge in [-0.1, -0.05) is 41.5 Å². The third-order valence-corrected chi connectivity index (χ3v) is 11.9. The number of esters is 2. The van der Waals surface area contributed by atoms with E-state index in [0.717, 1.165) is 0 Å². The quantitative estimate of drug-likeness (QED) is 0.233. The minimum Gasteiger partial charge on any atom is -0.466 e. The first kappa shape index (κ1) is 32.7. The molecule has 0 amide bonds. The maximum absolute atomic E-state index is 12.5. The fourth-order valence-electron chi connectivity index (χ4n) is 3.90. The molecule has 1 aliphatic heterocycles. The van der Waals surface area contributed by atoms with E-state index in [4.69, 9.17) is 23.4 Å². The zero-order valence-electron chi connectivity index (χ0n) is 24.0. The normalized spacial score (nSPS) is 26.4. The van der Waals surface area contributed by atoms with Crippen molar-refractivity contribution in [2.45, 2.75) is 116 Å². The van der Waals surface area contributed by atoms with Crippen LogP contribution in [0.15, 0.2) is 11.6 Å². The van der Waals surface area contributed by atoms with Crippen LogP contribution in [0.25, 0.3) is 0 Å². The van der Waals surface area contributed by atoms with Gasteiger partial charge >= 0.3 is 11.9 Å². The second-order valence-electron chi connectivity index (χ2n) is 11.8. The lowest BCUT2D eigenvalue weighted by Gasteiger charge is -2.54. The Kier molecular flexibility index (Phi) is 11.4. The van der Waals surface area contributed by atoms with Crippen LogP contribution in [0.1, 0.15) is 67.7 Å². The molecule has 1 rings (SSSR count). The van der Waals surface area contributed by atoms with Crippen LogP contribution in [0.4, 0.5) is 0 Å². The van der Waals surface area contributed by atoms with Crippen LogP contribution in [-0.4, -0.2) is 81.5 Å². The molecule has 0 unspecified atom stereocenters. The predicted molar refractivity (Wildman–Crippen MR) is 139 cm³/mol. The van der Waals surface area contributed by atoms with Gasteiger partial charge in [0.1, 0.15) is 0 Å². The highest BCUT2D eigenvalue weighted by Gasteiger charge is 2.60. The van der Waals surface area contributed by atoms with E-state index in [0.29, 0.717) is 5.57 Å². The van der Waals surface area contributed by atoms with Crippen molar-refractivity contribution < 1.29 is 43.2 Å². The SMILES string of the molecule is CCC(=O)O[C@H]1C(=CC(=O)OC)C[C@@H](C[C@@H](O)[C@@H](C)O)O[C@@]1(OC)C(C)(C)CO[Si](C)(C)C(C)(C)C. The van der Waals surface area contributed by atoms with Crippen molar-refractivity contribution in [1.29, 1.82) is 0 Å². The molecule has 0 aromatic rings. The number of carbonyl (C=O) groups is 2. The summed E-state index contributed by atoms with van der Waals surface area (Å²) in [5.41, 5.74) is -0.431. The molecule has 5 atom stereocenters. The van der Waals surface area contributed by atoms with Gasteiger partial charge in [-0.2, -0.15) is 0 Å². The number of hydrogen-bond donors (Lipinski definition) is 2. The third-order valence-electron chi connectivity index (χ3n) is 7.44. The van der Waals surface area contributed by atoms with Gasteiger partial charge in [-0.3, -0.25) is 4.79 Å². The first-order valence-corrected chi connectivity index (χ1v) is 15.5. The van der Waals surface area contributed by atoms with E-state index in [2.05, 4.69) is 33.9 Å². The largest absolute Gasteiger partial charge is 0.466 e. The van der Waals surface area contributed by atoms with Gasteiger partial charge in [0.05, 0.1) is 25.4 Å². The van der Waals surface area contributed by atoms with Crippen LogP contribution in [0.2, 0.25) is 18.1 Å². The maximum atomic E-state index is 12.5. The molecule has 2 N–H and O–H groups in total. The van der Waals surface area contributed by atoms with Crippen molar-refractivity contribution in [1.82, 2.24) is 0 Å². The molecule has 1 fully saturated rings. The van der Waals surface area contributed by atoms with Gasteiger partial charge in [0, 0.05) is 38.0 Å². The van der Waals surface area contributed by atoms with Gasteiger partial charge < -0.3 is 33.6 Å². The van der Waals surface area contributed by atoms with Crippen LogP contribution >= 0.6 is 0 Å². The molecule has 0 spiro atoms. The molecule has 36 heavy (non-hydrogen) atoms. The number of rotatable bonds is 11. The lowest BCUT2D eigenvalue weighted by atomic mass is 9.74. The van der Waals surface area contributed by atoms with E-state index >= 15 is 0 Å². The summed E-state index contributed by atoms with van der Waals surface area (Å²) in [5.74, 6) is -2.65.